The van der Waals surface area contributed by atoms with Crippen molar-refractivity contribution in [2.45, 2.75) is 20.0 Å². The fourth-order valence-electron chi connectivity index (χ4n) is 2.14. The zero-order valence-corrected chi connectivity index (χ0v) is 13.5. The highest BCUT2D eigenvalue weighted by Gasteiger charge is 2.10. The van der Waals surface area contributed by atoms with Gasteiger partial charge in [-0.2, -0.15) is 0 Å². The predicted molar refractivity (Wildman–Crippen MR) is 87.9 cm³/mol. The van der Waals surface area contributed by atoms with Gasteiger partial charge in [0.25, 0.3) is 0 Å². The van der Waals surface area contributed by atoms with Crippen LogP contribution in [0.4, 0.5) is 5.82 Å². The van der Waals surface area contributed by atoms with Gasteiger partial charge >= 0.3 is 0 Å². The summed E-state index contributed by atoms with van der Waals surface area (Å²) in [6.07, 6.45) is 1.85. The molecule has 0 atom stereocenters. The normalized spacial score (nSPS) is 10.6. The van der Waals surface area contributed by atoms with Gasteiger partial charge in [0, 0.05) is 36.4 Å². The molecule has 1 aromatic carbocycles. The van der Waals surface area contributed by atoms with Gasteiger partial charge in [0.05, 0.1) is 0 Å². The Kier molecular flexibility index (Phi) is 5.56. The lowest BCUT2D eigenvalue weighted by Gasteiger charge is -2.21. The van der Waals surface area contributed by atoms with E-state index in [1.165, 1.54) is 11.1 Å². The van der Waals surface area contributed by atoms with Crippen molar-refractivity contribution in [1.29, 1.82) is 0 Å². The van der Waals surface area contributed by atoms with Gasteiger partial charge in [0.2, 0.25) is 0 Å². The summed E-state index contributed by atoms with van der Waals surface area (Å²) in [6, 6.07) is 12.6. The second-order valence-corrected chi connectivity index (χ2v) is 5.67. The molecule has 1 aromatic heterocycles. The average Bonchev–Trinajstić information content (AvgIpc) is 2.46. The standard InChI is InChI=1S/C16H20BrN3/c1-3-18-10-14-9-15(17)11-19-16(14)20(2)12-13-7-5-4-6-8-13/h4-9,11,18H,3,10,12H2,1-2H3. The first kappa shape index (κ1) is 15.0. The monoisotopic (exact) mass is 333 g/mol. The Hall–Kier alpha value is -1.39. The van der Waals surface area contributed by atoms with Crippen LogP contribution in [-0.4, -0.2) is 18.6 Å². The van der Waals surface area contributed by atoms with Crippen LogP contribution in [0.3, 0.4) is 0 Å². The number of rotatable bonds is 6. The molecule has 0 radical (unpaired) electrons. The van der Waals surface area contributed by atoms with Crippen LogP contribution in [0.1, 0.15) is 18.1 Å². The van der Waals surface area contributed by atoms with Crippen LogP contribution in [0.25, 0.3) is 0 Å². The fourth-order valence-corrected chi connectivity index (χ4v) is 2.52. The second-order valence-electron chi connectivity index (χ2n) is 4.76. The molecule has 106 valence electrons. The molecule has 0 aliphatic rings. The molecule has 0 saturated heterocycles. The lowest BCUT2D eigenvalue weighted by atomic mass is 10.2. The molecule has 0 aliphatic carbocycles. The van der Waals surface area contributed by atoms with Crippen molar-refractivity contribution in [3.05, 3.63) is 58.2 Å². The van der Waals surface area contributed by atoms with Crippen molar-refractivity contribution >= 4 is 21.7 Å². The van der Waals surface area contributed by atoms with Gasteiger partial charge < -0.3 is 10.2 Å². The quantitative estimate of drug-likeness (QED) is 0.875. The first-order valence-corrected chi connectivity index (χ1v) is 7.60. The summed E-state index contributed by atoms with van der Waals surface area (Å²) in [5, 5.41) is 3.36. The van der Waals surface area contributed by atoms with E-state index in [0.717, 1.165) is 29.9 Å². The maximum atomic E-state index is 4.57. The van der Waals surface area contributed by atoms with E-state index in [0.29, 0.717) is 0 Å². The molecule has 0 fully saturated rings. The number of aromatic nitrogens is 1. The van der Waals surface area contributed by atoms with Crippen LogP contribution >= 0.6 is 15.9 Å². The fraction of sp³-hybridized carbons (Fsp3) is 0.312. The minimum absolute atomic E-state index is 0.831. The van der Waals surface area contributed by atoms with Crippen LogP contribution in [0, 0.1) is 0 Å². The largest absolute Gasteiger partial charge is 0.355 e. The van der Waals surface area contributed by atoms with Crippen LogP contribution in [0.5, 0.6) is 0 Å². The summed E-state index contributed by atoms with van der Waals surface area (Å²) in [6.45, 7) is 4.75. The van der Waals surface area contributed by atoms with Crippen molar-refractivity contribution in [1.82, 2.24) is 10.3 Å². The Morgan fingerprint density at radius 3 is 2.70 bits per heavy atom. The van der Waals surface area contributed by atoms with Crippen LogP contribution in [0.15, 0.2) is 47.1 Å². The highest BCUT2D eigenvalue weighted by molar-refractivity contribution is 9.10. The van der Waals surface area contributed by atoms with Crippen molar-refractivity contribution in [2.75, 3.05) is 18.5 Å². The number of nitrogens with zero attached hydrogens (tertiary/aromatic N) is 2. The molecule has 0 spiro atoms. The summed E-state index contributed by atoms with van der Waals surface area (Å²) >= 11 is 3.50. The Morgan fingerprint density at radius 1 is 1.25 bits per heavy atom. The summed E-state index contributed by atoms with van der Waals surface area (Å²) in [4.78, 5) is 6.76. The van der Waals surface area contributed by atoms with Gasteiger partial charge in [0.1, 0.15) is 5.82 Å². The zero-order valence-electron chi connectivity index (χ0n) is 11.9. The molecule has 0 unspecified atom stereocenters. The molecule has 1 N–H and O–H groups in total. The van der Waals surface area contributed by atoms with Crippen LogP contribution in [0.2, 0.25) is 0 Å². The summed E-state index contributed by atoms with van der Waals surface area (Å²) in [7, 11) is 2.08. The molecule has 0 saturated carbocycles. The molecule has 4 heteroatoms. The summed E-state index contributed by atoms with van der Waals surface area (Å²) < 4.78 is 1.02. The summed E-state index contributed by atoms with van der Waals surface area (Å²) in [5.74, 6) is 1.03. The molecule has 0 bridgehead atoms. The molecule has 0 amide bonds. The predicted octanol–water partition coefficient (Wildman–Crippen LogP) is 3.59. The number of nitrogens with one attached hydrogen (secondary N) is 1. The first-order valence-electron chi connectivity index (χ1n) is 6.81. The molecular weight excluding hydrogens is 314 g/mol. The second kappa shape index (κ2) is 7.41. The van der Waals surface area contributed by atoms with Crippen molar-refractivity contribution in [3.8, 4) is 0 Å². The third-order valence-electron chi connectivity index (χ3n) is 3.10. The van der Waals surface area contributed by atoms with E-state index in [9.17, 15) is 0 Å². The highest BCUT2D eigenvalue weighted by atomic mass is 79.9. The molecule has 3 nitrogen and oxygen atoms in total. The van der Waals surface area contributed by atoms with Gasteiger partial charge in [-0.3, -0.25) is 0 Å². The van der Waals surface area contributed by atoms with E-state index in [-0.39, 0.29) is 0 Å². The first-order chi connectivity index (χ1) is 9.70. The number of halogens is 1. The van der Waals surface area contributed by atoms with Gasteiger partial charge in [-0.05, 0) is 34.1 Å². The van der Waals surface area contributed by atoms with E-state index in [1.807, 2.05) is 12.3 Å². The Morgan fingerprint density at radius 2 is 2.00 bits per heavy atom. The minimum atomic E-state index is 0.831. The van der Waals surface area contributed by atoms with Gasteiger partial charge in [-0.25, -0.2) is 4.98 Å². The van der Waals surface area contributed by atoms with E-state index < -0.39 is 0 Å². The maximum absolute atomic E-state index is 4.57. The van der Waals surface area contributed by atoms with E-state index in [4.69, 9.17) is 0 Å². The molecular formula is C16H20BrN3. The number of anilines is 1. The lowest BCUT2D eigenvalue weighted by Crippen LogP contribution is -2.22. The average molecular weight is 334 g/mol. The number of pyridine rings is 1. The lowest BCUT2D eigenvalue weighted by molar-refractivity contribution is 0.718. The van der Waals surface area contributed by atoms with Gasteiger partial charge in [-0.1, -0.05) is 37.3 Å². The van der Waals surface area contributed by atoms with Crippen LogP contribution < -0.4 is 10.2 Å². The zero-order chi connectivity index (χ0) is 14.4. The van der Waals surface area contributed by atoms with Crippen molar-refractivity contribution in [2.24, 2.45) is 0 Å². The van der Waals surface area contributed by atoms with Crippen molar-refractivity contribution in [3.63, 3.8) is 0 Å². The molecule has 2 rings (SSSR count). The van der Waals surface area contributed by atoms with E-state index >= 15 is 0 Å². The SMILES string of the molecule is CCNCc1cc(Br)cnc1N(C)Cc1ccccc1. The van der Waals surface area contributed by atoms with Gasteiger partial charge in [-0.15, -0.1) is 0 Å². The number of benzene rings is 1. The Labute approximate surface area is 129 Å². The number of hydrogen-bond acceptors (Lipinski definition) is 3. The van der Waals surface area contributed by atoms with E-state index in [2.05, 4.69) is 75.4 Å². The van der Waals surface area contributed by atoms with Crippen LogP contribution in [-0.2, 0) is 13.1 Å². The number of hydrogen-bond donors (Lipinski definition) is 1. The molecule has 1 heterocycles. The third kappa shape index (κ3) is 4.05. The van der Waals surface area contributed by atoms with Crippen molar-refractivity contribution < 1.29 is 0 Å². The Bertz CT molecular complexity index is 543. The molecule has 20 heavy (non-hydrogen) atoms. The topological polar surface area (TPSA) is 28.2 Å². The summed E-state index contributed by atoms with van der Waals surface area (Å²) in [5.41, 5.74) is 2.49. The molecule has 2 aromatic rings. The maximum Gasteiger partial charge on any atom is 0.133 e. The highest BCUT2D eigenvalue weighted by Crippen LogP contribution is 2.22. The minimum Gasteiger partial charge on any atom is -0.355 e. The van der Waals surface area contributed by atoms with Gasteiger partial charge in [0.15, 0.2) is 0 Å². The third-order valence-corrected chi connectivity index (χ3v) is 3.53. The smallest absolute Gasteiger partial charge is 0.133 e. The molecule has 0 aliphatic heterocycles. The van der Waals surface area contributed by atoms with E-state index in [1.54, 1.807) is 0 Å². The Balaban J connectivity index is 2.18.